The molecule has 0 saturated carbocycles. The maximum absolute atomic E-state index is 12.1. The first kappa shape index (κ1) is 17.0. The van der Waals surface area contributed by atoms with Gasteiger partial charge in [0.1, 0.15) is 11.8 Å². The van der Waals surface area contributed by atoms with Crippen LogP contribution in [0, 0.1) is 0 Å². The summed E-state index contributed by atoms with van der Waals surface area (Å²) >= 11 is 0. The van der Waals surface area contributed by atoms with Crippen molar-refractivity contribution in [2.45, 2.75) is 38.6 Å². The predicted molar refractivity (Wildman–Crippen MR) is 85.3 cm³/mol. The van der Waals surface area contributed by atoms with Gasteiger partial charge in [0.25, 0.3) is 0 Å². The molecule has 0 bridgehead atoms. The average Bonchev–Trinajstić information content (AvgIpc) is 2.56. The summed E-state index contributed by atoms with van der Waals surface area (Å²) in [5.41, 5.74) is 0.552. The molecule has 0 unspecified atom stereocenters. The highest BCUT2D eigenvalue weighted by atomic mass is 16.5. The number of ketones is 1. The second-order valence-corrected chi connectivity index (χ2v) is 5.43. The minimum atomic E-state index is -0.475. The van der Waals surface area contributed by atoms with Gasteiger partial charge in [-0.3, -0.25) is 14.4 Å². The van der Waals surface area contributed by atoms with E-state index < -0.39 is 6.04 Å². The molecule has 0 aromatic heterocycles. The van der Waals surface area contributed by atoms with Crippen LogP contribution in [0.1, 0.15) is 43.0 Å². The van der Waals surface area contributed by atoms with Gasteiger partial charge in [-0.05, 0) is 44.0 Å². The first-order chi connectivity index (χ1) is 11.1. The van der Waals surface area contributed by atoms with Crippen LogP contribution >= 0.6 is 0 Å². The van der Waals surface area contributed by atoms with E-state index in [4.69, 9.17) is 4.74 Å². The molecule has 1 atom stereocenters. The SMILES string of the molecule is CCOc1ccc(C(=O)CCC(=O)N[C@@H]2CCCNC2=O)cc1. The number of nitrogens with one attached hydrogen (secondary N) is 2. The standard InChI is InChI=1S/C17H22N2O4/c1-2-23-13-7-5-12(6-8-13)15(20)9-10-16(21)19-14-4-3-11-18-17(14)22/h5-8,14H,2-4,9-11H2,1H3,(H,18,22)(H,19,21)/t14-/m1/s1. The number of piperidine rings is 1. The number of ether oxygens (including phenoxy) is 1. The monoisotopic (exact) mass is 318 g/mol. The highest BCUT2D eigenvalue weighted by molar-refractivity contribution is 5.98. The Morgan fingerprint density at radius 1 is 1.26 bits per heavy atom. The van der Waals surface area contributed by atoms with E-state index >= 15 is 0 Å². The zero-order valence-electron chi connectivity index (χ0n) is 13.3. The van der Waals surface area contributed by atoms with E-state index in [1.165, 1.54) is 0 Å². The zero-order valence-corrected chi connectivity index (χ0v) is 13.3. The van der Waals surface area contributed by atoms with Gasteiger partial charge in [0.2, 0.25) is 11.8 Å². The van der Waals surface area contributed by atoms with Crippen molar-refractivity contribution >= 4 is 17.6 Å². The number of hydrogen-bond donors (Lipinski definition) is 2. The molecule has 0 radical (unpaired) electrons. The molecular weight excluding hydrogens is 296 g/mol. The maximum Gasteiger partial charge on any atom is 0.242 e. The predicted octanol–water partition coefficient (Wildman–Crippen LogP) is 1.44. The van der Waals surface area contributed by atoms with Gasteiger partial charge < -0.3 is 15.4 Å². The maximum atomic E-state index is 12.1. The van der Waals surface area contributed by atoms with Crippen molar-refractivity contribution in [3.8, 4) is 5.75 Å². The van der Waals surface area contributed by atoms with Crippen LogP contribution in [-0.4, -0.2) is 36.8 Å². The fourth-order valence-corrected chi connectivity index (χ4v) is 2.45. The molecule has 0 spiro atoms. The van der Waals surface area contributed by atoms with Crippen molar-refractivity contribution in [2.75, 3.05) is 13.2 Å². The van der Waals surface area contributed by atoms with Gasteiger partial charge in [-0.2, -0.15) is 0 Å². The van der Waals surface area contributed by atoms with E-state index in [-0.39, 0.29) is 30.4 Å². The Morgan fingerprint density at radius 3 is 2.65 bits per heavy atom. The van der Waals surface area contributed by atoms with E-state index in [2.05, 4.69) is 10.6 Å². The van der Waals surface area contributed by atoms with Gasteiger partial charge in [0.15, 0.2) is 5.78 Å². The Labute approximate surface area is 135 Å². The number of Topliss-reactive ketones (excluding diaryl/α,β-unsaturated/α-hetero) is 1. The topological polar surface area (TPSA) is 84.5 Å². The van der Waals surface area contributed by atoms with E-state index in [1.807, 2.05) is 6.92 Å². The van der Waals surface area contributed by atoms with Crippen LogP contribution in [0.5, 0.6) is 5.75 Å². The molecule has 1 aliphatic heterocycles. The number of hydrogen-bond acceptors (Lipinski definition) is 4. The molecular formula is C17H22N2O4. The molecule has 1 aliphatic rings. The Hall–Kier alpha value is -2.37. The Morgan fingerprint density at radius 2 is 2.00 bits per heavy atom. The molecule has 2 N–H and O–H groups in total. The summed E-state index contributed by atoms with van der Waals surface area (Å²) < 4.78 is 5.32. The van der Waals surface area contributed by atoms with Crippen LogP contribution in [-0.2, 0) is 9.59 Å². The van der Waals surface area contributed by atoms with Crippen LogP contribution in [0.3, 0.4) is 0 Å². The lowest BCUT2D eigenvalue weighted by Gasteiger charge is -2.22. The summed E-state index contributed by atoms with van der Waals surface area (Å²) in [6.07, 6.45) is 1.69. The summed E-state index contributed by atoms with van der Waals surface area (Å²) in [6.45, 7) is 3.12. The molecule has 2 amide bonds. The molecule has 6 nitrogen and oxygen atoms in total. The lowest BCUT2D eigenvalue weighted by molar-refractivity contribution is -0.130. The summed E-state index contributed by atoms with van der Waals surface area (Å²) in [6, 6.07) is 6.39. The van der Waals surface area contributed by atoms with Crippen LogP contribution < -0.4 is 15.4 Å². The van der Waals surface area contributed by atoms with Gasteiger partial charge in [0.05, 0.1) is 6.61 Å². The third-order valence-electron chi connectivity index (χ3n) is 3.69. The minimum Gasteiger partial charge on any atom is -0.494 e. The van der Waals surface area contributed by atoms with Crippen LogP contribution in [0.15, 0.2) is 24.3 Å². The molecule has 124 valence electrons. The summed E-state index contributed by atoms with van der Waals surface area (Å²) in [7, 11) is 0. The van der Waals surface area contributed by atoms with Crippen molar-refractivity contribution in [3.63, 3.8) is 0 Å². The smallest absolute Gasteiger partial charge is 0.242 e. The van der Waals surface area contributed by atoms with Crippen molar-refractivity contribution in [1.82, 2.24) is 10.6 Å². The van der Waals surface area contributed by atoms with Crippen LogP contribution in [0.2, 0.25) is 0 Å². The largest absolute Gasteiger partial charge is 0.494 e. The van der Waals surface area contributed by atoms with Crippen molar-refractivity contribution in [3.05, 3.63) is 29.8 Å². The van der Waals surface area contributed by atoms with Crippen LogP contribution in [0.25, 0.3) is 0 Å². The Kier molecular flexibility index (Phi) is 6.14. The van der Waals surface area contributed by atoms with Gasteiger partial charge in [0, 0.05) is 24.9 Å². The van der Waals surface area contributed by atoms with Gasteiger partial charge in [-0.1, -0.05) is 0 Å². The molecule has 1 aromatic rings. The second kappa shape index (κ2) is 8.31. The molecule has 2 rings (SSSR count). The number of carbonyl (C=O) groups is 3. The molecule has 1 fully saturated rings. The number of amides is 2. The lowest BCUT2D eigenvalue weighted by Crippen LogP contribution is -2.50. The number of rotatable bonds is 7. The molecule has 1 saturated heterocycles. The molecule has 0 aliphatic carbocycles. The Bertz CT molecular complexity index is 568. The lowest BCUT2D eigenvalue weighted by atomic mass is 10.0. The molecule has 23 heavy (non-hydrogen) atoms. The fourth-order valence-electron chi connectivity index (χ4n) is 2.45. The van der Waals surface area contributed by atoms with Gasteiger partial charge >= 0.3 is 0 Å². The third kappa shape index (κ3) is 5.09. The fraction of sp³-hybridized carbons (Fsp3) is 0.471. The van der Waals surface area contributed by atoms with Crippen molar-refractivity contribution in [2.24, 2.45) is 0 Å². The van der Waals surface area contributed by atoms with Gasteiger partial charge in [-0.15, -0.1) is 0 Å². The third-order valence-corrected chi connectivity index (χ3v) is 3.69. The van der Waals surface area contributed by atoms with E-state index in [0.29, 0.717) is 30.9 Å². The summed E-state index contributed by atoms with van der Waals surface area (Å²) in [4.78, 5) is 35.5. The summed E-state index contributed by atoms with van der Waals surface area (Å²) in [5, 5.41) is 5.39. The second-order valence-electron chi connectivity index (χ2n) is 5.43. The minimum absolute atomic E-state index is 0.0792. The highest BCUT2D eigenvalue weighted by Crippen LogP contribution is 2.14. The average molecular weight is 318 g/mol. The van der Waals surface area contributed by atoms with E-state index in [0.717, 1.165) is 6.42 Å². The first-order valence-electron chi connectivity index (χ1n) is 7.93. The number of benzene rings is 1. The van der Waals surface area contributed by atoms with Gasteiger partial charge in [-0.25, -0.2) is 0 Å². The Balaban J connectivity index is 1.79. The first-order valence-corrected chi connectivity index (χ1v) is 7.93. The molecule has 1 heterocycles. The van der Waals surface area contributed by atoms with Crippen molar-refractivity contribution < 1.29 is 19.1 Å². The molecule has 6 heteroatoms. The van der Waals surface area contributed by atoms with E-state index in [1.54, 1.807) is 24.3 Å². The zero-order chi connectivity index (χ0) is 16.7. The van der Waals surface area contributed by atoms with E-state index in [9.17, 15) is 14.4 Å². The molecule has 1 aromatic carbocycles. The van der Waals surface area contributed by atoms with Crippen LogP contribution in [0.4, 0.5) is 0 Å². The quantitative estimate of drug-likeness (QED) is 0.745. The number of carbonyl (C=O) groups excluding carboxylic acids is 3. The van der Waals surface area contributed by atoms with Crippen molar-refractivity contribution in [1.29, 1.82) is 0 Å². The summed E-state index contributed by atoms with van der Waals surface area (Å²) in [5.74, 6) is 0.190. The normalized spacial score (nSPS) is 17.3. The highest BCUT2D eigenvalue weighted by Gasteiger charge is 2.23.